The van der Waals surface area contributed by atoms with Crippen molar-refractivity contribution in [1.82, 2.24) is 0 Å². The Kier molecular flexibility index (Phi) is 3.48. The normalized spacial score (nSPS) is 34.4. The van der Waals surface area contributed by atoms with E-state index in [-0.39, 0.29) is 16.9 Å². The lowest BCUT2D eigenvalue weighted by atomic mass is 9.49. The number of hydrogen-bond acceptors (Lipinski definition) is 1. The van der Waals surface area contributed by atoms with Crippen molar-refractivity contribution in [2.45, 2.75) is 77.7 Å². The van der Waals surface area contributed by atoms with Crippen LogP contribution in [0.1, 0.15) is 76.5 Å². The maximum absolute atomic E-state index is 10.5. The summed E-state index contributed by atoms with van der Waals surface area (Å²) in [6.45, 7) is 11.5. The van der Waals surface area contributed by atoms with Crippen molar-refractivity contribution in [1.29, 1.82) is 0 Å². The van der Waals surface area contributed by atoms with E-state index in [0.29, 0.717) is 11.8 Å². The predicted molar refractivity (Wildman–Crippen MR) is 88.7 cm³/mol. The number of hydrogen-bond donors (Lipinski definition) is 1. The van der Waals surface area contributed by atoms with Gasteiger partial charge in [-0.25, -0.2) is 0 Å². The van der Waals surface area contributed by atoms with Crippen LogP contribution in [0.3, 0.4) is 0 Å². The molecule has 0 radical (unpaired) electrons. The van der Waals surface area contributed by atoms with Crippen LogP contribution in [0.4, 0.5) is 0 Å². The van der Waals surface area contributed by atoms with Crippen LogP contribution >= 0.6 is 0 Å². The van der Waals surface area contributed by atoms with E-state index in [4.69, 9.17) is 0 Å². The molecule has 0 aliphatic heterocycles. The molecule has 3 unspecified atom stereocenters. The van der Waals surface area contributed by atoms with Gasteiger partial charge >= 0.3 is 0 Å². The van der Waals surface area contributed by atoms with Crippen LogP contribution < -0.4 is 0 Å². The molecule has 0 bridgehead atoms. The van der Waals surface area contributed by atoms with Crippen LogP contribution in [-0.4, -0.2) is 11.2 Å². The third-order valence-corrected chi connectivity index (χ3v) is 6.58. The molecule has 0 aromatic heterocycles. The first-order valence-electron chi connectivity index (χ1n) is 8.58. The van der Waals surface area contributed by atoms with Crippen molar-refractivity contribution in [3.05, 3.63) is 34.9 Å². The largest absolute Gasteiger partial charge is 0.393 e. The van der Waals surface area contributed by atoms with Gasteiger partial charge in [0.15, 0.2) is 0 Å². The first-order chi connectivity index (χ1) is 9.76. The van der Waals surface area contributed by atoms with Gasteiger partial charge in [-0.3, -0.25) is 0 Å². The van der Waals surface area contributed by atoms with E-state index in [1.165, 1.54) is 18.4 Å². The van der Waals surface area contributed by atoms with Gasteiger partial charge in [0.05, 0.1) is 6.10 Å². The number of aliphatic hydroxyl groups is 1. The standard InChI is InChI=1S/C20H30O/c1-13(2)14-6-8-16-15(12-14)7-9-17-19(3,4)18(21)10-11-20(16,17)5/h6,8,12-13,17-18,21H,7,9-11H2,1-5H3. The molecular weight excluding hydrogens is 256 g/mol. The summed E-state index contributed by atoms with van der Waals surface area (Å²) < 4.78 is 0. The summed E-state index contributed by atoms with van der Waals surface area (Å²) in [5.41, 5.74) is 4.86. The third kappa shape index (κ3) is 2.16. The number of aryl methyl sites for hydroxylation is 1. The summed E-state index contributed by atoms with van der Waals surface area (Å²) in [4.78, 5) is 0. The lowest BCUT2D eigenvalue weighted by Crippen LogP contribution is -2.53. The minimum absolute atomic E-state index is 0.0292. The third-order valence-electron chi connectivity index (χ3n) is 6.58. The summed E-state index contributed by atoms with van der Waals surface area (Å²) in [5.74, 6) is 1.19. The smallest absolute Gasteiger partial charge is 0.0594 e. The molecule has 3 rings (SSSR count). The fourth-order valence-corrected chi connectivity index (χ4v) is 5.09. The molecule has 0 saturated heterocycles. The molecule has 1 heteroatoms. The van der Waals surface area contributed by atoms with E-state index in [9.17, 15) is 5.11 Å². The maximum atomic E-state index is 10.5. The van der Waals surface area contributed by atoms with Crippen LogP contribution in [-0.2, 0) is 11.8 Å². The molecule has 21 heavy (non-hydrogen) atoms. The van der Waals surface area contributed by atoms with Crippen molar-refractivity contribution in [2.24, 2.45) is 11.3 Å². The van der Waals surface area contributed by atoms with E-state index in [2.05, 4.69) is 52.8 Å². The topological polar surface area (TPSA) is 20.2 Å². The molecule has 1 nitrogen and oxygen atoms in total. The molecule has 1 N–H and O–H groups in total. The van der Waals surface area contributed by atoms with Gasteiger partial charge in [0.1, 0.15) is 0 Å². The number of benzene rings is 1. The van der Waals surface area contributed by atoms with Crippen LogP contribution in [0.25, 0.3) is 0 Å². The highest BCUT2D eigenvalue weighted by Gasteiger charge is 2.53. The zero-order valence-corrected chi connectivity index (χ0v) is 14.2. The molecule has 2 aliphatic carbocycles. The molecule has 1 fully saturated rings. The van der Waals surface area contributed by atoms with Gasteiger partial charge in [0.25, 0.3) is 0 Å². The summed E-state index contributed by atoms with van der Waals surface area (Å²) in [6.07, 6.45) is 4.30. The van der Waals surface area contributed by atoms with Gasteiger partial charge in [-0.2, -0.15) is 0 Å². The molecule has 1 aromatic rings. The van der Waals surface area contributed by atoms with E-state index in [1.54, 1.807) is 11.1 Å². The van der Waals surface area contributed by atoms with Crippen LogP contribution in [0.15, 0.2) is 18.2 Å². The molecule has 1 aromatic carbocycles. The van der Waals surface area contributed by atoms with Crippen LogP contribution in [0.5, 0.6) is 0 Å². The predicted octanol–water partition coefficient (Wildman–Crippen LogP) is 4.81. The quantitative estimate of drug-likeness (QED) is 0.785. The zero-order chi connectivity index (χ0) is 15.4. The van der Waals surface area contributed by atoms with E-state index >= 15 is 0 Å². The highest BCUT2D eigenvalue weighted by atomic mass is 16.3. The fraction of sp³-hybridized carbons (Fsp3) is 0.700. The van der Waals surface area contributed by atoms with E-state index in [1.807, 2.05) is 0 Å². The highest BCUT2D eigenvalue weighted by molar-refractivity contribution is 5.42. The lowest BCUT2D eigenvalue weighted by Gasteiger charge is -2.56. The second kappa shape index (κ2) is 4.84. The Balaban J connectivity index is 2.06. The van der Waals surface area contributed by atoms with Gasteiger partial charge < -0.3 is 5.11 Å². The van der Waals surface area contributed by atoms with Gasteiger partial charge in [0.2, 0.25) is 0 Å². The molecular formula is C20H30O. The molecule has 0 heterocycles. The highest BCUT2D eigenvalue weighted by Crippen LogP contribution is 2.57. The molecule has 116 valence electrons. The molecule has 3 atom stereocenters. The second-order valence-electron chi connectivity index (χ2n) is 8.46. The molecule has 0 amide bonds. The molecule has 0 spiro atoms. The van der Waals surface area contributed by atoms with Gasteiger partial charge in [-0.05, 0) is 65.0 Å². The first kappa shape index (κ1) is 15.1. The molecule has 1 saturated carbocycles. The zero-order valence-electron chi connectivity index (χ0n) is 14.2. The van der Waals surface area contributed by atoms with Crippen molar-refractivity contribution in [2.75, 3.05) is 0 Å². The Bertz CT molecular complexity index is 543. The fourth-order valence-electron chi connectivity index (χ4n) is 5.09. The average molecular weight is 286 g/mol. The summed E-state index contributed by atoms with van der Waals surface area (Å²) in [5, 5.41) is 10.5. The van der Waals surface area contributed by atoms with E-state index in [0.717, 1.165) is 12.8 Å². The Morgan fingerprint density at radius 1 is 1.14 bits per heavy atom. The Hall–Kier alpha value is -0.820. The summed E-state index contributed by atoms with van der Waals surface area (Å²) in [7, 11) is 0. The van der Waals surface area contributed by atoms with Crippen molar-refractivity contribution in [3.8, 4) is 0 Å². The first-order valence-corrected chi connectivity index (χ1v) is 8.58. The minimum Gasteiger partial charge on any atom is -0.393 e. The maximum Gasteiger partial charge on any atom is 0.0594 e. The monoisotopic (exact) mass is 286 g/mol. The average Bonchev–Trinajstić information content (AvgIpc) is 2.43. The molecule has 2 aliphatic rings. The van der Waals surface area contributed by atoms with Gasteiger partial charge in [0, 0.05) is 0 Å². The number of aliphatic hydroxyl groups excluding tert-OH is 1. The van der Waals surface area contributed by atoms with E-state index < -0.39 is 0 Å². The Morgan fingerprint density at radius 3 is 2.52 bits per heavy atom. The van der Waals surface area contributed by atoms with Crippen molar-refractivity contribution < 1.29 is 5.11 Å². The van der Waals surface area contributed by atoms with Crippen molar-refractivity contribution >= 4 is 0 Å². The number of fused-ring (bicyclic) bond motifs is 3. The summed E-state index contributed by atoms with van der Waals surface area (Å²) >= 11 is 0. The van der Waals surface area contributed by atoms with Crippen LogP contribution in [0, 0.1) is 11.3 Å². The second-order valence-corrected chi connectivity index (χ2v) is 8.46. The Morgan fingerprint density at radius 2 is 1.86 bits per heavy atom. The van der Waals surface area contributed by atoms with Crippen LogP contribution in [0.2, 0.25) is 0 Å². The summed E-state index contributed by atoms with van der Waals surface area (Å²) in [6, 6.07) is 7.17. The van der Waals surface area contributed by atoms with Gasteiger partial charge in [-0.15, -0.1) is 0 Å². The minimum atomic E-state index is -0.146. The Labute approximate surface area is 129 Å². The van der Waals surface area contributed by atoms with Crippen molar-refractivity contribution in [3.63, 3.8) is 0 Å². The van der Waals surface area contributed by atoms with Gasteiger partial charge in [-0.1, -0.05) is 52.8 Å². The number of rotatable bonds is 1. The SMILES string of the molecule is CC(C)c1ccc2c(c1)CCC1C2(C)CCC(O)C1(C)C. The lowest BCUT2D eigenvalue weighted by molar-refractivity contribution is -0.0730.